The van der Waals surface area contributed by atoms with Crippen molar-refractivity contribution < 1.29 is 4.74 Å². The van der Waals surface area contributed by atoms with E-state index in [2.05, 4.69) is 27.7 Å². The van der Waals surface area contributed by atoms with Gasteiger partial charge in [-0.2, -0.15) is 0 Å². The van der Waals surface area contributed by atoms with Crippen LogP contribution in [0.3, 0.4) is 0 Å². The van der Waals surface area contributed by atoms with Gasteiger partial charge < -0.3 is 4.74 Å². The Labute approximate surface area is 99.3 Å². The largest absolute Gasteiger partial charge is 0.362 e. The second-order valence-corrected chi connectivity index (χ2v) is 6.54. The molecule has 1 heteroatoms. The van der Waals surface area contributed by atoms with Gasteiger partial charge in [0.1, 0.15) is 11.2 Å². The highest BCUT2D eigenvalue weighted by Crippen LogP contribution is 2.70. The molecule has 0 radical (unpaired) electrons. The Kier molecular flexibility index (Phi) is 2.12. The first-order valence-corrected chi connectivity index (χ1v) is 6.87. The van der Waals surface area contributed by atoms with Crippen LogP contribution in [0.5, 0.6) is 0 Å². The molecule has 3 aliphatic rings. The van der Waals surface area contributed by atoms with E-state index >= 15 is 0 Å². The molecular formula is C15H24O. The molecule has 0 aromatic rings. The van der Waals surface area contributed by atoms with Gasteiger partial charge in [-0.1, -0.05) is 25.0 Å². The number of rotatable bonds is 0. The lowest BCUT2D eigenvalue weighted by Crippen LogP contribution is -2.28. The highest BCUT2D eigenvalue weighted by atomic mass is 16.6. The van der Waals surface area contributed by atoms with Crippen molar-refractivity contribution in [1.82, 2.24) is 0 Å². The van der Waals surface area contributed by atoms with Crippen molar-refractivity contribution in [3.05, 3.63) is 11.1 Å². The molecule has 0 spiro atoms. The fraction of sp³-hybridized carbons (Fsp3) is 0.867. The van der Waals surface area contributed by atoms with E-state index in [0.717, 1.165) is 11.8 Å². The molecule has 0 aromatic carbocycles. The van der Waals surface area contributed by atoms with Gasteiger partial charge in [-0.05, 0) is 51.4 Å². The fourth-order valence-corrected chi connectivity index (χ4v) is 4.32. The minimum Gasteiger partial charge on any atom is -0.362 e. The van der Waals surface area contributed by atoms with Gasteiger partial charge in [-0.3, -0.25) is 0 Å². The molecular weight excluding hydrogens is 196 g/mol. The molecule has 3 fully saturated rings. The maximum absolute atomic E-state index is 6.34. The van der Waals surface area contributed by atoms with E-state index in [1.54, 1.807) is 5.57 Å². The van der Waals surface area contributed by atoms with Gasteiger partial charge in [-0.25, -0.2) is 0 Å². The summed E-state index contributed by atoms with van der Waals surface area (Å²) >= 11 is 0. The van der Waals surface area contributed by atoms with Crippen molar-refractivity contribution >= 4 is 0 Å². The Bertz CT molecular complexity index is 352. The van der Waals surface area contributed by atoms with Crippen LogP contribution in [0.15, 0.2) is 11.1 Å². The molecule has 1 heterocycles. The van der Waals surface area contributed by atoms with E-state index in [1.807, 2.05) is 0 Å². The second-order valence-electron chi connectivity index (χ2n) is 6.54. The summed E-state index contributed by atoms with van der Waals surface area (Å²) in [5, 5.41) is 0. The molecule has 1 nitrogen and oxygen atoms in total. The first kappa shape index (κ1) is 10.8. The van der Waals surface area contributed by atoms with Crippen LogP contribution in [-0.2, 0) is 4.74 Å². The molecule has 1 saturated heterocycles. The van der Waals surface area contributed by atoms with E-state index in [0.29, 0.717) is 0 Å². The molecule has 2 aliphatic carbocycles. The average Bonchev–Trinajstić information content (AvgIpc) is 2.84. The lowest BCUT2D eigenvalue weighted by atomic mass is 9.81. The zero-order chi connectivity index (χ0) is 11.6. The van der Waals surface area contributed by atoms with Gasteiger partial charge in [-0.15, -0.1) is 0 Å². The summed E-state index contributed by atoms with van der Waals surface area (Å²) in [5.74, 6) is 1.52. The predicted octanol–water partition coefficient (Wildman–Crippen LogP) is 4.08. The fourth-order valence-electron chi connectivity index (χ4n) is 4.32. The molecule has 0 N–H and O–H groups in total. The minimum atomic E-state index is 0.246. The molecule has 0 bridgehead atoms. The summed E-state index contributed by atoms with van der Waals surface area (Å²) in [5.41, 5.74) is 3.74. The van der Waals surface area contributed by atoms with E-state index in [4.69, 9.17) is 4.74 Å². The van der Waals surface area contributed by atoms with Gasteiger partial charge in [0.2, 0.25) is 0 Å². The van der Waals surface area contributed by atoms with Gasteiger partial charge in [0.25, 0.3) is 0 Å². The third kappa shape index (κ3) is 1.11. The molecule has 90 valence electrons. The summed E-state index contributed by atoms with van der Waals surface area (Å²) in [6.45, 7) is 9.35. The molecule has 0 aromatic heterocycles. The minimum absolute atomic E-state index is 0.246. The second kappa shape index (κ2) is 3.13. The third-order valence-electron chi connectivity index (χ3n) is 5.64. The lowest BCUT2D eigenvalue weighted by molar-refractivity contribution is 0.143. The molecule has 4 unspecified atom stereocenters. The van der Waals surface area contributed by atoms with Gasteiger partial charge in [0.15, 0.2) is 0 Å². The van der Waals surface area contributed by atoms with Gasteiger partial charge in [0, 0.05) is 6.42 Å². The average molecular weight is 220 g/mol. The standard InChI is InChI=1S/C15H24O/c1-10(2)13-6-5-11(3)14-8-7-12(4)15(14,9-13)16-14/h11-12H,5-9H2,1-4H3. The number of epoxide rings is 1. The van der Waals surface area contributed by atoms with Crippen LogP contribution in [0.2, 0.25) is 0 Å². The first-order chi connectivity index (χ1) is 7.52. The lowest BCUT2D eigenvalue weighted by Gasteiger charge is -2.18. The topological polar surface area (TPSA) is 12.5 Å². The van der Waals surface area contributed by atoms with Gasteiger partial charge in [0.05, 0.1) is 0 Å². The Balaban J connectivity index is 1.99. The van der Waals surface area contributed by atoms with Crippen molar-refractivity contribution in [2.24, 2.45) is 11.8 Å². The summed E-state index contributed by atoms with van der Waals surface area (Å²) < 4.78 is 6.34. The van der Waals surface area contributed by atoms with Crippen molar-refractivity contribution in [3.8, 4) is 0 Å². The van der Waals surface area contributed by atoms with Crippen molar-refractivity contribution in [2.45, 2.75) is 71.0 Å². The number of ether oxygens (including phenoxy) is 1. The molecule has 3 rings (SSSR count). The maximum atomic E-state index is 6.34. The Morgan fingerprint density at radius 2 is 1.81 bits per heavy atom. The molecule has 16 heavy (non-hydrogen) atoms. The molecule has 4 atom stereocenters. The van der Waals surface area contributed by atoms with Crippen LogP contribution in [0.25, 0.3) is 0 Å². The van der Waals surface area contributed by atoms with E-state index in [9.17, 15) is 0 Å². The Morgan fingerprint density at radius 1 is 1.12 bits per heavy atom. The summed E-state index contributed by atoms with van der Waals surface area (Å²) in [6, 6.07) is 0. The number of hydrogen-bond acceptors (Lipinski definition) is 1. The third-order valence-corrected chi connectivity index (χ3v) is 5.64. The smallest absolute Gasteiger partial charge is 0.104 e. The first-order valence-electron chi connectivity index (χ1n) is 6.87. The zero-order valence-electron chi connectivity index (χ0n) is 11.1. The summed E-state index contributed by atoms with van der Waals surface area (Å²) in [7, 11) is 0. The maximum Gasteiger partial charge on any atom is 0.104 e. The van der Waals surface area contributed by atoms with E-state index in [1.165, 1.54) is 37.7 Å². The highest BCUT2D eigenvalue weighted by Gasteiger charge is 2.77. The van der Waals surface area contributed by atoms with Crippen molar-refractivity contribution in [2.75, 3.05) is 0 Å². The predicted molar refractivity (Wildman–Crippen MR) is 66.3 cm³/mol. The molecule has 0 amide bonds. The number of hydrogen-bond donors (Lipinski definition) is 0. The van der Waals surface area contributed by atoms with Crippen LogP contribution in [0, 0.1) is 11.8 Å². The monoisotopic (exact) mass is 220 g/mol. The van der Waals surface area contributed by atoms with Crippen LogP contribution in [0.1, 0.15) is 59.8 Å². The SMILES string of the molecule is CC(C)=C1CCC(C)C23CCC(C)C2(C1)O3. The van der Waals surface area contributed by atoms with Crippen LogP contribution in [0.4, 0.5) is 0 Å². The quantitative estimate of drug-likeness (QED) is 0.442. The summed E-state index contributed by atoms with van der Waals surface area (Å²) in [6.07, 6.45) is 6.55. The van der Waals surface area contributed by atoms with E-state index < -0.39 is 0 Å². The highest BCUT2D eigenvalue weighted by molar-refractivity contribution is 5.31. The Hall–Kier alpha value is -0.300. The van der Waals surface area contributed by atoms with Crippen molar-refractivity contribution in [3.63, 3.8) is 0 Å². The van der Waals surface area contributed by atoms with Gasteiger partial charge >= 0.3 is 0 Å². The summed E-state index contributed by atoms with van der Waals surface area (Å²) in [4.78, 5) is 0. The zero-order valence-corrected chi connectivity index (χ0v) is 11.1. The van der Waals surface area contributed by atoms with E-state index in [-0.39, 0.29) is 11.2 Å². The normalized spacial score (nSPS) is 50.6. The van der Waals surface area contributed by atoms with Crippen LogP contribution in [-0.4, -0.2) is 11.2 Å². The van der Waals surface area contributed by atoms with Crippen LogP contribution >= 0.6 is 0 Å². The Morgan fingerprint density at radius 3 is 2.50 bits per heavy atom. The molecule has 1 aliphatic heterocycles. The number of allylic oxidation sites excluding steroid dienone is 1. The molecule has 2 saturated carbocycles. The van der Waals surface area contributed by atoms with Crippen molar-refractivity contribution in [1.29, 1.82) is 0 Å². The van der Waals surface area contributed by atoms with Crippen LogP contribution < -0.4 is 0 Å².